The van der Waals surface area contributed by atoms with Crippen LogP contribution in [0.3, 0.4) is 0 Å². The van der Waals surface area contributed by atoms with Gasteiger partial charge in [0.1, 0.15) is 0 Å². The van der Waals surface area contributed by atoms with E-state index in [0.29, 0.717) is 6.04 Å². The Morgan fingerprint density at radius 2 is 2.07 bits per heavy atom. The van der Waals surface area contributed by atoms with Crippen LogP contribution in [0.4, 0.5) is 0 Å². The topological polar surface area (TPSA) is 41.1 Å². The molecule has 0 radical (unpaired) electrons. The fourth-order valence-electron chi connectivity index (χ4n) is 1.76. The van der Waals surface area contributed by atoms with Crippen molar-refractivity contribution in [2.45, 2.75) is 57.5 Å². The van der Waals surface area contributed by atoms with Crippen LogP contribution < -0.4 is 10.6 Å². The number of hydrogen-bond acceptors (Lipinski definition) is 2. The van der Waals surface area contributed by atoms with Gasteiger partial charge in [-0.05, 0) is 45.1 Å². The molecule has 0 saturated heterocycles. The molecule has 2 aliphatic rings. The molecule has 2 rings (SSSR count). The minimum atomic E-state index is -0.0233. The Balaban J connectivity index is 1.49. The fraction of sp³-hybridized carbons (Fsp3) is 0.917. The molecule has 2 N–H and O–H groups in total. The van der Waals surface area contributed by atoms with Gasteiger partial charge in [-0.1, -0.05) is 12.8 Å². The van der Waals surface area contributed by atoms with Crippen molar-refractivity contribution >= 4 is 5.91 Å². The van der Waals surface area contributed by atoms with Gasteiger partial charge in [-0.15, -0.1) is 0 Å². The number of hydrogen-bond donors (Lipinski definition) is 2. The van der Waals surface area contributed by atoms with Crippen molar-refractivity contribution in [3.8, 4) is 0 Å². The van der Waals surface area contributed by atoms with E-state index in [1.54, 1.807) is 0 Å². The van der Waals surface area contributed by atoms with E-state index in [1.165, 1.54) is 38.5 Å². The average molecular weight is 210 g/mol. The third-order valence-corrected chi connectivity index (χ3v) is 3.25. The van der Waals surface area contributed by atoms with E-state index in [9.17, 15) is 4.79 Å². The highest BCUT2D eigenvalue weighted by molar-refractivity contribution is 5.81. The lowest BCUT2D eigenvalue weighted by molar-refractivity contribution is -0.122. The summed E-state index contributed by atoms with van der Waals surface area (Å²) in [7, 11) is 0. The maximum absolute atomic E-state index is 11.6. The van der Waals surface area contributed by atoms with Gasteiger partial charge in [0.05, 0.1) is 6.04 Å². The van der Waals surface area contributed by atoms with Gasteiger partial charge in [0.15, 0.2) is 0 Å². The summed E-state index contributed by atoms with van der Waals surface area (Å²) < 4.78 is 0. The van der Waals surface area contributed by atoms with Crippen LogP contribution in [0, 0.1) is 5.92 Å². The molecular weight excluding hydrogens is 188 g/mol. The predicted molar refractivity (Wildman–Crippen MR) is 60.6 cm³/mol. The largest absolute Gasteiger partial charge is 0.352 e. The third kappa shape index (κ3) is 4.20. The molecule has 0 aliphatic heterocycles. The van der Waals surface area contributed by atoms with Crippen LogP contribution in [-0.4, -0.2) is 24.5 Å². The second kappa shape index (κ2) is 4.97. The minimum Gasteiger partial charge on any atom is -0.352 e. The molecule has 3 heteroatoms. The van der Waals surface area contributed by atoms with E-state index >= 15 is 0 Å². The zero-order valence-corrected chi connectivity index (χ0v) is 9.59. The van der Waals surface area contributed by atoms with Crippen molar-refractivity contribution in [1.29, 1.82) is 0 Å². The van der Waals surface area contributed by atoms with Crippen LogP contribution in [0.5, 0.6) is 0 Å². The third-order valence-electron chi connectivity index (χ3n) is 3.25. The van der Waals surface area contributed by atoms with Crippen molar-refractivity contribution in [3.63, 3.8) is 0 Å². The van der Waals surface area contributed by atoms with Crippen molar-refractivity contribution in [2.24, 2.45) is 5.92 Å². The quantitative estimate of drug-likeness (QED) is 0.624. The number of amides is 1. The second-order valence-electron chi connectivity index (χ2n) is 5.04. The van der Waals surface area contributed by atoms with Crippen molar-refractivity contribution in [1.82, 2.24) is 10.6 Å². The molecule has 3 nitrogen and oxygen atoms in total. The van der Waals surface area contributed by atoms with Crippen LogP contribution >= 0.6 is 0 Å². The maximum atomic E-state index is 11.6. The summed E-state index contributed by atoms with van der Waals surface area (Å²) in [6.45, 7) is 2.94. The normalized spacial score (nSPS) is 22.5. The van der Waals surface area contributed by atoms with E-state index in [-0.39, 0.29) is 11.9 Å². The van der Waals surface area contributed by atoms with Crippen LogP contribution in [0.15, 0.2) is 0 Å². The Hall–Kier alpha value is -0.570. The van der Waals surface area contributed by atoms with E-state index < -0.39 is 0 Å². The van der Waals surface area contributed by atoms with Crippen LogP contribution in [0.2, 0.25) is 0 Å². The van der Waals surface area contributed by atoms with Gasteiger partial charge in [0.25, 0.3) is 0 Å². The van der Waals surface area contributed by atoms with Gasteiger partial charge in [0.2, 0.25) is 5.91 Å². The zero-order valence-electron chi connectivity index (χ0n) is 9.59. The molecule has 0 aromatic heterocycles. The number of carbonyl (C=O) groups excluding carboxylic acids is 1. The molecule has 15 heavy (non-hydrogen) atoms. The maximum Gasteiger partial charge on any atom is 0.237 e. The van der Waals surface area contributed by atoms with Gasteiger partial charge in [-0.3, -0.25) is 4.79 Å². The molecule has 0 bridgehead atoms. The highest BCUT2D eigenvalue weighted by Gasteiger charge is 2.25. The standard InChI is InChI=1S/C12H22N2O/c1-9(12(15)14-11-6-7-11)13-8-2-3-10-4-5-10/h9-11,13H,2-8H2,1H3,(H,14,15). The molecule has 2 saturated carbocycles. The van der Waals surface area contributed by atoms with Gasteiger partial charge in [-0.25, -0.2) is 0 Å². The molecule has 2 fully saturated rings. The van der Waals surface area contributed by atoms with E-state index in [0.717, 1.165) is 12.5 Å². The molecule has 1 amide bonds. The first-order valence-electron chi connectivity index (χ1n) is 6.29. The Bertz CT molecular complexity index is 222. The lowest BCUT2D eigenvalue weighted by Crippen LogP contribution is -2.43. The van der Waals surface area contributed by atoms with Crippen LogP contribution in [-0.2, 0) is 4.79 Å². The fourth-order valence-corrected chi connectivity index (χ4v) is 1.76. The molecule has 0 spiro atoms. The van der Waals surface area contributed by atoms with Gasteiger partial charge < -0.3 is 10.6 Å². The Labute approximate surface area is 92.0 Å². The lowest BCUT2D eigenvalue weighted by Gasteiger charge is -2.13. The first kappa shape index (κ1) is 10.9. The van der Waals surface area contributed by atoms with Crippen LogP contribution in [0.25, 0.3) is 0 Å². The molecule has 2 aliphatic carbocycles. The Morgan fingerprint density at radius 1 is 1.33 bits per heavy atom. The average Bonchev–Trinajstić information content (AvgIpc) is 3.05. The van der Waals surface area contributed by atoms with Gasteiger partial charge >= 0.3 is 0 Å². The second-order valence-corrected chi connectivity index (χ2v) is 5.04. The summed E-state index contributed by atoms with van der Waals surface area (Å²) in [6, 6.07) is 0.456. The molecular formula is C12H22N2O. The zero-order chi connectivity index (χ0) is 10.7. The smallest absolute Gasteiger partial charge is 0.237 e. The first-order valence-corrected chi connectivity index (χ1v) is 6.29. The van der Waals surface area contributed by atoms with Gasteiger partial charge in [0, 0.05) is 6.04 Å². The SMILES string of the molecule is CC(NCCCC1CC1)C(=O)NC1CC1. The van der Waals surface area contributed by atoms with Crippen LogP contribution in [0.1, 0.15) is 45.4 Å². The summed E-state index contributed by atoms with van der Waals surface area (Å²) in [5, 5.41) is 6.30. The summed E-state index contributed by atoms with van der Waals surface area (Å²) in [5.74, 6) is 1.17. The van der Waals surface area contributed by atoms with Crippen molar-refractivity contribution < 1.29 is 4.79 Å². The highest BCUT2D eigenvalue weighted by Crippen LogP contribution is 2.33. The predicted octanol–water partition coefficient (Wildman–Crippen LogP) is 1.43. The Kier molecular flexibility index (Phi) is 3.62. The minimum absolute atomic E-state index is 0.0233. The van der Waals surface area contributed by atoms with Crippen molar-refractivity contribution in [3.05, 3.63) is 0 Å². The van der Waals surface area contributed by atoms with E-state index in [2.05, 4.69) is 10.6 Å². The summed E-state index contributed by atoms with van der Waals surface area (Å²) >= 11 is 0. The molecule has 0 aromatic carbocycles. The Morgan fingerprint density at radius 3 is 2.67 bits per heavy atom. The number of rotatable bonds is 7. The summed E-state index contributed by atoms with van der Waals surface area (Å²) in [4.78, 5) is 11.6. The lowest BCUT2D eigenvalue weighted by atomic mass is 10.2. The summed E-state index contributed by atoms with van der Waals surface area (Å²) in [6.07, 6.45) is 7.74. The monoisotopic (exact) mass is 210 g/mol. The van der Waals surface area contributed by atoms with E-state index in [4.69, 9.17) is 0 Å². The molecule has 1 unspecified atom stereocenters. The molecule has 86 valence electrons. The number of nitrogens with one attached hydrogen (secondary N) is 2. The van der Waals surface area contributed by atoms with E-state index in [1.807, 2.05) is 6.92 Å². The first-order chi connectivity index (χ1) is 7.25. The highest BCUT2D eigenvalue weighted by atomic mass is 16.2. The molecule has 0 aromatic rings. The van der Waals surface area contributed by atoms with Crippen molar-refractivity contribution in [2.75, 3.05) is 6.54 Å². The molecule has 0 heterocycles. The number of carbonyl (C=O) groups is 1. The van der Waals surface area contributed by atoms with Gasteiger partial charge in [-0.2, -0.15) is 0 Å². The summed E-state index contributed by atoms with van der Waals surface area (Å²) in [5.41, 5.74) is 0. The molecule has 1 atom stereocenters.